The largest absolute Gasteiger partial charge is 0.493 e. The van der Waals surface area contributed by atoms with Crippen LogP contribution in [0.4, 0.5) is 8.78 Å². The third-order valence-corrected chi connectivity index (χ3v) is 5.80. The molecule has 2 heterocycles. The molecule has 0 spiro atoms. The van der Waals surface area contributed by atoms with E-state index in [4.69, 9.17) is 18.9 Å². The monoisotopic (exact) mass is 503 g/mol. The summed E-state index contributed by atoms with van der Waals surface area (Å²) in [6.07, 6.45) is 6.24. The van der Waals surface area contributed by atoms with Gasteiger partial charge in [0.2, 0.25) is 0 Å². The lowest BCUT2D eigenvalue weighted by atomic mass is 10.1. The van der Waals surface area contributed by atoms with Crippen molar-refractivity contribution in [3.05, 3.63) is 72.3 Å². The maximum absolute atomic E-state index is 13.5. The number of aliphatic hydroxyl groups is 1. The van der Waals surface area contributed by atoms with Crippen LogP contribution in [0.1, 0.15) is 12.0 Å². The van der Waals surface area contributed by atoms with Crippen LogP contribution in [-0.4, -0.2) is 71.8 Å². The van der Waals surface area contributed by atoms with Crippen LogP contribution >= 0.6 is 0 Å². The van der Waals surface area contributed by atoms with Crippen molar-refractivity contribution in [2.75, 3.05) is 46.6 Å². The lowest BCUT2D eigenvalue weighted by Crippen LogP contribution is -2.48. The molecular formula is C26H31F2N3O5. The lowest BCUT2D eigenvalue weighted by molar-refractivity contribution is -0.0647. The quantitative estimate of drug-likeness (QED) is 0.403. The Labute approximate surface area is 209 Å². The van der Waals surface area contributed by atoms with E-state index >= 15 is 0 Å². The molecule has 1 fully saturated rings. The number of rotatable bonds is 11. The molecule has 3 aromatic rings. The summed E-state index contributed by atoms with van der Waals surface area (Å²) in [6, 6.07) is 8.68. The van der Waals surface area contributed by atoms with Gasteiger partial charge in [-0.1, -0.05) is 6.07 Å². The minimum Gasteiger partial charge on any atom is -0.493 e. The van der Waals surface area contributed by atoms with E-state index < -0.39 is 17.2 Å². The summed E-state index contributed by atoms with van der Waals surface area (Å²) in [6.45, 7) is 3.05. The summed E-state index contributed by atoms with van der Waals surface area (Å²) in [5, 5.41) is 11.1. The van der Waals surface area contributed by atoms with E-state index in [9.17, 15) is 13.9 Å². The van der Waals surface area contributed by atoms with E-state index in [0.717, 1.165) is 36.7 Å². The van der Waals surface area contributed by atoms with Crippen molar-refractivity contribution in [3.8, 4) is 17.2 Å². The molecule has 0 bridgehead atoms. The molecule has 0 aliphatic carbocycles. The zero-order valence-electron chi connectivity index (χ0n) is 20.2. The summed E-state index contributed by atoms with van der Waals surface area (Å²) in [7, 11) is 1.60. The predicted octanol–water partition coefficient (Wildman–Crippen LogP) is 3.28. The van der Waals surface area contributed by atoms with E-state index in [1.165, 1.54) is 0 Å². The third kappa shape index (κ3) is 7.39. The Balaban J connectivity index is 1.35. The highest BCUT2D eigenvalue weighted by atomic mass is 19.1. The Bertz CT molecular complexity index is 1090. The topological polar surface area (TPSA) is 78.2 Å². The number of hydrogen-bond donors (Lipinski definition) is 1. The van der Waals surface area contributed by atoms with Crippen LogP contribution < -0.4 is 14.2 Å². The van der Waals surface area contributed by atoms with Crippen molar-refractivity contribution in [2.24, 2.45) is 0 Å². The molecule has 1 saturated heterocycles. The minimum atomic E-state index is -1.35. The fourth-order valence-corrected chi connectivity index (χ4v) is 4.09. The maximum atomic E-state index is 13.5. The Kier molecular flexibility index (Phi) is 8.74. The van der Waals surface area contributed by atoms with E-state index in [1.807, 2.05) is 33.9 Å². The van der Waals surface area contributed by atoms with E-state index in [-0.39, 0.29) is 25.5 Å². The number of β-amino-alcohol motifs (C(OH)–C–C–N with tert-alkyl or cyclic N) is 1. The molecule has 1 atom stereocenters. The van der Waals surface area contributed by atoms with Gasteiger partial charge in [0, 0.05) is 56.8 Å². The number of aryl methyl sites for hydroxylation is 1. The molecule has 1 aromatic heterocycles. The van der Waals surface area contributed by atoms with Crippen LogP contribution in [-0.2, 0) is 17.8 Å². The van der Waals surface area contributed by atoms with Gasteiger partial charge in [0.05, 0.1) is 33.3 Å². The van der Waals surface area contributed by atoms with Gasteiger partial charge in [0.25, 0.3) is 0 Å². The van der Waals surface area contributed by atoms with E-state index in [2.05, 4.69) is 4.98 Å². The number of imidazole rings is 1. The van der Waals surface area contributed by atoms with Gasteiger partial charge in [-0.25, -0.2) is 13.8 Å². The first-order valence-electron chi connectivity index (χ1n) is 11.8. The molecule has 36 heavy (non-hydrogen) atoms. The van der Waals surface area contributed by atoms with Crippen LogP contribution in [0.3, 0.4) is 0 Å². The van der Waals surface area contributed by atoms with Crippen LogP contribution in [0.2, 0.25) is 0 Å². The van der Waals surface area contributed by atoms with Gasteiger partial charge >= 0.3 is 0 Å². The molecule has 4 rings (SSSR count). The second kappa shape index (κ2) is 12.2. The van der Waals surface area contributed by atoms with Gasteiger partial charge in [-0.2, -0.15) is 0 Å². The van der Waals surface area contributed by atoms with Crippen LogP contribution in [0, 0.1) is 11.6 Å². The second-order valence-electron chi connectivity index (χ2n) is 8.87. The number of nitrogens with zero attached hydrogens (tertiary/aromatic N) is 3. The average molecular weight is 504 g/mol. The molecule has 0 radical (unpaired) electrons. The highest BCUT2D eigenvalue weighted by Gasteiger charge is 2.33. The van der Waals surface area contributed by atoms with Gasteiger partial charge in [0.15, 0.2) is 11.5 Å². The molecule has 194 valence electrons. The smallest absolute Gasteiger partial charge is 0.161 e. The fourth-order valence-electron chi connectivity index (χ4n) is 4.09. The van der Waals surface area contributed by atoms with Gasteiger partial charge < -0.3 is 28.6 Å². The molecule has 1 aliphatic heterocycles. The molecule has 1 aliphatic rings. The van der Waals surface area contributed by atoms with Crippen LogP contribution in [0.25, 0.3) is 0 Å². The summed E-state index contributed by atoms with van der Waals surface area (Å²) in [4.78, 5) is 6.09. The summed E-state index contributed by atoms with van der Waals surface area (Å²) in [5.41, 5.74) is -0.365. The molecule has 8 nitrogen and oxygen atoms in total. The van der Waals surface area contributed by atoms with Crippen molar-refractivity contribution in [3.63, 3.8) is 0 Å². The Morgan fingerprint density at radius 1 is 1.11 bits per heavy atom. The van der Waals surface area contributed by atoms with Crippen molar-refractivity contribution in [1.82, 2.24) is 14.5 Å². The van der Waals surface area contributed by atoms with Crippen LogP contribution in [0.15, 0.2) is 55.1 Å². The first-order valence-corrected chi connectivity index (χ1v) is 11.8. The number of aromatic nitrogens is 2. The average Bonchev–Trinajstić information content (AvgIpc) is 3.29. The van der Waals surface area contributed by atoms with Crippen molar-refractivity contribution < 1.29 is 32.8 Å². The van der Waals surface area contributed by atoms with Gasteiger partial charge in [-0.3, -0.25) is 4.90 Å². The molecule has 2 aromatic carbocycles. The van der Waals surface area contributed by atoms with Crippen molar-refractivity contribution >= 4 is 0 Å². The summed E-state index contributed by atoms with van der Waals surface area (Å²) >= 11 is 0. The first-order chi connectivity index (χ1) is 17.4. The number of hydrogen-bond acceptors (Lipinski definition) is 7. The molecule has 0 amide bonds. The SMILES string of the molecule is COc1ccc(CN2CCOC[C@](O)(COc3cc(F)cc(F)c3)C2)cc1OCCCn1ccnc1. The summed E-state index contributed by atoms with van der Waals surface area (Å²) < 4.78 is 51.5. The first kappa shape index (κ1) is 25.9. The minimum absolute atomic E-state index is 0.0155. The van der Waals surface area contributed by atoms with Gasteiger partial charge in [-0.15, -0.1) is 0 Å². The Morgan fingerprint density at radius 2 is 1.94 bits per heavy atom. The van der Waals surface area contributed by atoms with E-state index in [0.29, 0.717) is 37.8 Å². The lowest BCUT2D eigenvalue weighted by Gasteiger charge is -2.30. The highest BCUT2D eigenvalue weighted by Crippen LogP contribution is 2.29. The third-order valence-electron chi connectivity index (χ3n) is 5.80. The zero-order chi connectivity index (χ0) is 25.4. The standard InChI is InChI=1S/C26H31F2N3O5/c1-33-24-4-3-20(11-25(24)35-9-2-6-30-7-5-29-19-30)15-31-8-10-34-17-26(32,16-31)18-36-23-13-21(27)12-22(28)14-23/h3-5,7,11-14,19,32H,2,6,8-10,15-18H2,1H3/t26-/m0/s1. The predicted molar refractivity (Wildman–Crippen MR) is 128 cm³/mol. The van der Waals surface area contributed by atoms with Gasteiger partial charge in [-0.05, 0) is 24.1 Å². The number of methoxy groups -OCH3 is 1. The molecule has 10 heteroatoms. The maximum Gasteiger partial charge on any atom is 0.161 e. The number of ether oxygens (including phenoxy) is 4. The van der Waals surface area contributed by atoms with Crippen molar-refractivity contribution in [1.29, 1.82) is 0 Å². The molecular weight excluding hydrogens is 472 g/mol. The highest BCUT2D eigenvalue weighted by molar-refractivity contribution is 5.43. The molecule has 0 unspecified atom stereocenters. The zero-order valence-corrected chi connectivity index (χ0v) is 20.2. The molecule has 1 N–H and O–H groups in total. The summed E-state index contributed by atoms with van der Waals surface area (Å²) in [5.74, 6) is -0.169. The number of benzene rings is 2. The van der Waals surface area contributed by atoms with Crippen LogP contribution in [0.5, 0.6) is 17.2 Å². The van der Waals surface area contributed by atoms with Gasteiger partial charge in [0.1, 0.15) is 29.6 Å². The van der Waals surface area contributed by atoms with Crippen molar-refractivity contribution in [2.45, 2.75) is 25.1 Å². The second-order valence-corrected chi connectivity index (χ2v) is 8.87. The fraction of sp³-hybridized carbons (Fsp3) is 0.423. The van der Waals surface area contributed by atoms with E-state index in [1.54, 1.807) is 19.6 Å². The normalized spacial score (nSPS) is 18.6. The number of halogens is 2. The Hall–Kier alpha value is -3.21. The molecule has 0 saturated carbocycles. The Morgan fingerprint density at radius 3 is 2.69 bits per heavy atom.